The molecule has 0 radical (unpaired) electrons. The van der Waals surface area contributed by atoms with E-state index in [1.54, 1.807) is 17.4 Å². The van der Waals surface area contributed by atoms with E-state index in [0.29, 0.717) is 32.0 Å². The van der Waals surface area contributed by atoms with Crippen LogP contribution in [-0.2, 0) is 20.9 Å². The number of nitrogens with one attached hydrogen (secondary N) is 3. The van der Waals surface area contributed by atoms with Crippen molar-refractivity contribution in [2.24, 2.45) is 0 Å². The Bertz CT molecular complexity index is 683. The molecule has 4 N–H and O–H groups in total. The molecule has 1 rings (SSSR count). The predicted octanol–water partition coefficient (Wildman–Crippen LogP) is 1.75. The molecule has 2 amide bonds. The Hall–Kier alpha value is -2.50. The molecule has 10 nitrogen and oxygen atoms in total. The fourth-order valence-electron chi connectivity index (χ4n) is 2.55. The number of amides is 2. The second-order valence-electron chi connectivity index (χ2n) is 7.07. The van der Waals surface area contributed by atoms with E-state index in [4.69, 9.17) is 9.53 Å². The van der Waals surface area contributed by atoms with Gasteiger partial charge in [0, 0.05) is 31.6 Å². The number of urea groups is 1. The van der Waals surface area contributed by atoms with Gasteiger partial charge in [-0.05, 0) is 26.0 Å². The Morgan fingerprint density at radius 2 is 2.03 bits per heavy atom. The minimum atomic E-state index is -0.927. The van der Waals surface area contributed by atoms with E-state index in [0.717, 1.165) is 10.7 Å². The smallest absolute Gasteiger partial charge is 0.320 e. The molecule has 1 heterocycles. The van der Waals surface area contributed by atoms with E-state index < -0.39 is 12.0 Å². The monoisotopic (exact) mass is 457 g/mol. The molecule has 176 valence electrons. The number of hydrogen-bond donors (Lipinski definition) is 4. The molecule has 11 heteroatoms. The van der Waals surface area contributed by atoms with Crippen LogP contribution in [0.4, 0.5) is 4.79 Å². The molecule has 2 unspecified atom stereocenters. The SMILES string of the molecule is C=O.CNC(=O)NC(C=COC)CCC(NCN(C)Cc1csc(C(C)C)n1)C(=O)O. The maximum absolute atomic E-state index is 11.6. The second kappa shape index (κ2) is 16.2. The summed E-state index contributed by atoms with van der Waals surface area (Å²) in [6, 6.07) is -1.40. The molecule has 0 aliphatic heterocycles. The predicted molar refractivity (Wildman–Crippen MR) is 121 cm³/mol. The lowest BCUT2D eigenvalue weighted by atomic mass is 10.1. The van der Waals surface area contributed by atoms with Crippen LogP contribution >= 0.6 is 11.3 Å². The van der Waals surface area contributed by atoms with Crippen LogP contribution in [-0.4, -0.2) is 73.7 Å². The maximum Gasteiger partial charge on any atom is 0.320 e. The van der Waals surface area contributed by atoms with Crippen LogP contribution in [0.3, 0.4) is 0 Å². The van der Waals surface area contributed by atoms with Crippen molar-refractivity contribution in [2.75, 3.05) is 27.9 Å². The van der Waals surface area contributed by atoms with E-state index in [9.17, 15) is 14.7 Å². The molecule has 0 aliphatic carbocycles. The minimum absolute atomic E-state index is 0.333. The fourth-order valence-corrected chi connectivity index (χ4v) is 3.37. The molecule has 31 heavy (non-hydrogen) atoms. The van der Waals surface area contributed by atoms with Crippen molar-refractivity contribution in [1.29, 1.82) is 0 Å². The lowest BCUT2D eigenvalue weighted by Gasteiger charge is -2.22. The van der Waals surface area contributed by atoms with E-state index >= 15 is 0 Å². The molecule has 0 bridgehead atoms. The normalized spacial score (nSPS) is 12.9. The number of carboxylic acids is 1. The largest absolute Gasteiger partial charge is 0.505 e. The molecule has 1 aromatic heterocycles. The first-order chi connectivity index (χ1) is 14.8. The highest BCUT2D eigenvalue weighted by molar-refractivity contribution is 7.09. The number of methoxy groups -OCH3 is 1. The van der Waals surface area contributed by atoms with Crippen LogP contribution < -0.4 is 16.0 Å². The van der Waals surface area contributed by atoms with Gasteiger partial charge in [-0.2, -0.15) is 0 Å². The van der Waals surface area contributed by atoms with Gasteiger partial charge in [0.05, 0.1) is 30.1 Å². The topological polar surface area (TPSA) is 133 Å². The molecular formula is C20H35N5O5S. The number of carboxylic acid groups (broad SMARTS) is 1. The van der Waals surface area contributed by atoms with Gasteiger partial charge in [0.1, 0.15) is 12.8 Å². The number of aromatic nitrogens is 1. The number of hydrogen-bond acceptors (Lipinski definition) is 8. The van der Waals surface area contributed by atoms with Gasteiger partial charge in [-0.3, -0.25) is 15.0 Å². The Morgan fingerprint density at radius 3 is 2.55 bits per heavy atom. The first-order valence-corrected chi connectivity index (χ1v) is 10.7. The van der Waals surface area contributed by atoms with Crippen molar-refractivity contribution >= 4 is 30.1 Å². The Morgan fingerprint density at radius 1 is 1.35 bits per heavy atom. The summed E-state index contributed by atoms with van der Waals surface area (Å²) in [6.07, 6.45) is 3.95. The van der Waals surface area contributed by atoms with Crippen LogP contribution in [0, 0.1) is 0 Å². The fraction of sp³-hybridized carbons (Fsp3) is 0.600. The third-order valence-electron chi connectivity index (χ3n) is 4.16. The number of aliphatic carboxylic acids is 1. The Balaban J connectivity index is 0.00000436. The summed E-state index contributed by atoms with van der Waals surface area (Å²) in [5.41, 5.74) is 0.981. The standard InChI is InChI=1S/C19H33N5O4S.CH2O/c1-13(2)17-22-15(11-29-17)10-24(4)12-21-16(18(25)26)7-6-14(8-9-28-5)23-19(27)20-3;1-2/h8-9,11,13-14,16,21H,6-7,10,12H2,1-5H3,(H,25,26)(H2,20,23,27);1H2. The zero-order valence-electron chi connectivity index (χ0n) is 18.9. The minimum Gasteiger partial charge on any atom is -0.505 e. The number of nitrogens with zero attached hydrogens (tertiary/aromatic N) is 2. The average molecular weight is 458 g/mol. The van der Waals surface area contributed by atoms with Crippen molar-refractivity contribution in [3.8, 4) is 0 Å². The van der Waals surface area contributed by atoms with Crippen molar-refractivity contribution in [3.63, 3.8) is 0 Å². The Labute approximate surface area is 188 Å². The van der Waals surface area contributed by atoms with Gasteiger partial charge in [-0.15, -0.1) is 11.3 Å². The van der Waals surface area contributed by atoms with Gasteiger partial charge in [-0.1, -0.05) is 13.8 Å². The number of ether oxygens (including phenoxy) is 1. The van der Waals surface area contributed by atoms with Crippen molar-refractivity contribution in [1.82, 2.24) is 25.8 Å². The van der Waals surface area contributed by atoms with Crippen LogP contribution in [0.5, 0.6) is 0 Å². The van der Waals surface area contributed by atoms with Crippen LogP contribution in [0.15, 0.2) is 17.7 Å². The maximum atomic E-state index is 11.6. The van der Waals surface area contributed by atoms with E-state index in [-0.39, 0.29) is 12.1 Å². The van der Waals surface area contributed by atoms with E-state index in [2.05, 4.69) is 34.8 Å². The summed E-state index contributed by atoms with van der Waals surface area (Å²) in [7, 11) is 4.95. The molecule has 0 aromatic carbocycles. The second-order valence-corrected chi connectivity index (χ2v) is 7.96. The summed E-state index contributed by atoms with van der Waals surface area (Å²) in [5.74, 6) is -0.527. The summed E-state index contributed by atoms with van der Waals surface area (Å²) in [4.78, 5) is 37.8. The van der Waals surface area contributed by atoms with Crippen molar-refractivity contribution < 1.29 is 24.2 Å². The lowest BCUT2D eigenvalue weighted by Crippen LogP contribution is -2.44. The van der Waals surface area contributed by atoms with Gasteiger partial charge in [0.2, 0.25) is 0 Å². The van der Waals surface area contributed by atoms with E-state index in [1.807, 2.05) is 24.1 Å². The average Bonchev–Trinajstić information content (AvgIpc) is 3.21. The molecular weight excluding hydrogens is 422 g/mol. The highest BCUT2D eigenvalue weighted by atomic mass is 32.1. The molecule has 2 atom stereocenters. The van der Waals surface area contributed by atoms with Gasteiger partial charge < -0.3 is 25.3 Å². The molecule has 0 saturated heterocycles. The number of thiazole rings is 1. The summed E-state index contributed by atoms with van der Waals surface area (Å²) >= 11 is 1.64. The third kappa shape index (κ3) is 12.1. The summed E-state index contributed by atoms with van der Waals surface area (Å²) in [6.45, 7) is 7.27. The quantitative estimate of drug-likeness (QED) is 0.260. The highest BCUT2D eigenvalue weighted by Crippen LogP contribution is 2.19. The third-order valence-corrected chi connectivity index (χ3v) is 5.35. The Kier molecular flexibility index (Phi) is 14.9. The van der Waals surface area contributed by atoms with Crippen molar-refractivity contribution in [3.05, 3.63) is 28.4 Å². The lowest BCUT2D eigenvalue weighted by molar-refractivity contribution is -0.139. The van der Waals surface area contributed by atoms with Gasteiger partial charge >= 0.3 is 12.0 Å². The molecule has 0 fully saturated rings. The van der Waals surface area contributed by atoms with Crippen LogP contribution in [0.2, 0.25) is 0 Å². The first-order valence-electron chi connectivity index (χ1n) is 9.82. The summed E-state index contributed by atoms with van der Waals surface area (Å²) < 4.78 is 4.90. The van der Waals surface area contributed by atoms with Crippen LogP contribution in [0.1, 0.15) is 43.3 Å². The number of rotatable bonds is 13. The molecule has 1 aromatic rings. The number of carbonyl (C=O) groups excluding carboxylic acids is 2. The highest BCUT2D eigenvalue weighted by Gasteiger charge is 2.20. The zero-order valence-corrected chi connectivity index (χ0v) is 19.7. The van der Waals surface area contributed by atoms with Gasteiger partial charge in [-0.25, -0.2) is 9.78 Å². The molecule has 0 spiro atoms. The van der Waals surface area contributed by atoms with Crippen molar-refractivity contribution in [2.45, 2.75) is 51.2 Å². The first kappa shape index (κ1) is 28.5. The molecule has 0 aliphatic rings. The van der Waals surface area contributed by atoms with Crippen LogP contribution in [0.25, 0.3) is 0 Å². The number of carbonyl (C=O) groups is 3. The molecule has 0 saturated carbocycles. The van der Waals surface area contributed by atoms with E-state index in [1.165, 1.54) is 20.4 Å². The summed E-state index contributed by atoms with van der Waals surface area (Å²) in [5, 5.41) is 21.0. The zero-order chi connectivity index (χ0) is 23.8. The van der Waals surface area contributed by atoms with Gasteiger partial charge in [0.25, 0.3) is 0 Å². The van der Waals surface area contributed by atoms with Gasteiger partial charge in [0.15, 0.2) is 0 Å².